The lowest BCUT2D eigenvalue weighted by Crippen LogP contribution is -2.11. The molecule has 2 aromatic heterocycles. The van der Waals surface area contributed by atoms with Gasteiger partial charge in [-0.1, -0.05) is 30.3 Å². The van der Waals surface area contributed by atoms with Gasteiger partial charge in [0.1, 0.15) is 17.1 Å². The van der Waals surface area contributed by atoms with E-state index < -0.39 is 0 Å². The Labute approximate surface area is 140 Å². The highest BCUT2D eigenvalue weighted by Crippen LogP contribution is 2.32. The second-order valence-electron chi connectivity index (χ2n) is 5.64. The molecule has 0 N–H and O–H groups in total. The number of hydrogen-bond donors (Lipinski definition) is 0. The maximum atomic E-state index is 12.4. The molecule has 0 spiro atoms. The van der Waals surface area contributed by atoms with Crippen LogP contribution in [0.2, 0.25) is 0 Å². The topological polar surface area (TPSA) is 57.3 Å². The standard InChI is InChI=1S/C19H20N2O3/c1-4-23-19(22)17-14(3)24-18(15-8-6-5-7-9-15)16(17)12-21-11-13(2)10-20-21/h5-11H,4,12H2,1-3H3. The highest BCUT2D eigenvalue weighted by atomic mass is 16.5. The lowest BCUT2D eigenvalue weighted by Gasteiger charge is -2.07. The second kappa shape index (κ2) is 6.74. The van der Waals surface area contributed by atoms with E-state index in [4.69, 9.17) is 9.15 Å². The summed E-state index contributed by atoms with van der Waals surface area (Å²) >= 11 is 0. The molecule has 1 aromatic carbocycles. The van der Waals surface area contributed by atoms with Gasteiger partial charge in [0, 0.05) is 17.3 Å². The number of rotatable bonds is 5. The smallest absolute Gasteiger partial charge is 0.342 e. The average molecular weight is 324 g/mol. The van der Waals surface area contributed by atoms with Crippen LogP contribution in [0.1, 0.15) is 34.2 Å². The van der Waals surface area contributed by atoms with E-state index in [2.05, 4.69) is 5.10 Å². The van der Waals surface area contributed by atoms with Crippen molar-refractivity contribution < 1.29 is 13.9 Å². The minimum absolute atomic E-state index is 0.324. The molecule has 0 aliphatic carbocycles. The minimum atomic E-state index is -0.361. The second-order valence-corrected chi connectivity index (χ2v) is 5.64. The predicted octanol–water partition coefficient (Wildman–Crippen LogP) is 3.98. The van der Waals surface area contributed by atoms with E-state index in [1.54, 1.807) is 24.7 Å². The molecule has 0 fully saturated rings. The van der Waals surface area contributed by atoms with Crippen LogP contribution in [0.3, 0.4) is 0 Å². The van der Waals surface area contributed by atoms with Gasteiger partial charge in [-0.3, -0.25) is 4.68 Å². The van der Waals surface area contributed by atoms with Crippen molar-refractivity contribution in [1.29, 1.82) is 0 Å². The van der Waals surface area contributed by atoms with Crippen LogP contribution >= 0.6 is 0 Å². The summed E-state index contributed by atoms with van der Waals surface area (Å²) in [5, 5.41) is 4.32. The number of nitrogens with zero attached hydrogens (tertiary/aromatic N) is 2. The fraction of sp³-hybridized carbons (Fsp3) is 0.263. The van der Waals surface area contributed by atoms with E-state index in [1.165, 1.54) is 0 Å². The number of hydrogen-bond acceptors (Lipinski definition) is 4. The normalized spacial score (nSPS) is 10.8. The fourth-order valence-electron chi connectivity index (χ4n) is 2.75. The monoisotopic (exact) mass is 324 g/mol. The fourth-order valence-corrected chi connectivity index (χ4v) is 2.75. The van der Waals surface area contributed by atoms with Gasteiger partial charge in [0.25, 0.3) is 0 Å². The van der Waals surface area contributed by atoms with Crippen LogP contribution in [-0.2, 0) is 11.3 Å². The third-order valence-corrected chi connectivity index (χ3v) is 3.78. The molecule has 0 atom stereocenters. The van der Waals surface area contributed by atoms with Crippen molar-refractivity contribution in [2.24, 2.45) is 0 Å². The molecular weight excluding hydrogens is 304 g/mol. The first-order chi connectivity index (χ1) is 11.6. The number of benzene rings is 1. The van der Waals surface area contributed by atoms with E-state index >= 15 is 0 Å². The Balaban J connectivity index is 2.11. The van der Waals surface area contributed by atoms with Gasteiger partial charge in [-0.15, -0.1) is 0 Å². The van der Waals surface area contributed by atoms with Gasteiger partial charge in [-0.25, -0.2) is 4.79 Å². The lowest BCUT2D eigenvalue weighted by molar-refractivity contribution is 0.0523. The summed E-state index contributed by atoms with van der Waals surface area (Å²) in [6, 6.07) is 9.76. The molecule has 24 heavy (non-hydrogen) atoms. The molecule has 0 bridgehead atoms. The van der Waals surface area contributed by atoms with Crippen LogP contribution in [0.5, 0.6) is 0 Å². The number of aromatic nitrogens is 2. The number of carbonyl (C=O) groups excluding carboxylic acids is 1. The highest BCUT2D eigenvalue weighted by Gasteiger charge is 2.25. The Morgan fingerprint density at radius 3 is 2.62 bits per heavy atom. The molecule has 0 radical (unpaired) electrons. The third kappa shape index (κ3) is 3.11. The van der Waals surface area contributed by atoms with Crippen LogP contribution in [0, 0.1) is 13.8 Å². The highest BCUT2D eigenvalue weighted by molar-refractivity contribution is 5.94. The van der Waals surface area contributed by atoms with Crippen molar-refractivity contribution >= 4 is 5.97 Å². The number of ether oxygens (including phenoxy) is 1. The van der Waals surface area contributed by atoms with Crippen molar-refractivity contribution in [3.63, 3.8) is 0 Å². The summed E-state index contributed by atoms with van der Waals surface area (Å²) in [7, 11) is 0. The molecule has 5 heteroatoms. The minimum Gasteiger partial charge on any atom is -0.462 e. The summed E-state index contributed by atoms with van der Waals surface area (Å²) < 4.78 is 12.9. The molecule has 0 aliphatic heterocycles. The van der Waals surface area contributed by atoms with Gasteiger partial charge in [0.2, 0.25) is 0 Å². The van der Waals surface area contributed by atoms with Gasteiger partial charge in [0.15, 0.2) is 0 Å². The lowest BCUT2D eigenvalue weighted by atomic mass is 10.0. The van der Waals surface area contributed by atoms with Crippen molar-refractivity contribution in [3.8, 4) is 11.3 Å². The first kappa shape index (κ1) is 16.1. The summed E-state index contributed by atoms with van der Waals surface area (Å²) in [5.74, 6) is 0.885. The summed E-state index contributed by atoms with van der Waals surface area (Å²) in [5.41, 5.74) is 3.27. The quantitative estimate of drug-likeness (QED) is 0.666. The summed E-state index contributed by atoms with van der Waals surface area (Å²) in [4.78, 5) is 12.4. The SMILES string of the molecule is CCOC(=O)c1c(C)oc(-c2ccccc2)c1Cn1cc(C)cn1. The molecule has 3 aromatic rings. The molecule has 5 nitrogen and oxygen atoms in total. The third-order valence-electron chi connectivity index (χ3n) is 3.78. The molecule has 124 valence electrons. The van der Waals surface area contributed by atoms with Gasteiger partial charge < -0.3 is 9.15 Å². The van der Waals surface area contributed by atoms with Gasteiger partial charge in [-0.2, -0.15) is 5.10 Å². The zero-order chi connectivity index (χ0) is 17.1. The van der Waals surface area contributed by atoms with Crippen LogP contribution < -0.4 is 0 Å². The molecule has 0 unspecified atom stereocenters. The van der Waals surface area contributed by atoms with Gasteiger partial charge in [0.05, 0.1) is 19.3 Å². The number of furan rings is 1. The van der Waals surface area contributed by atoms with Crippen LogP contribution in [0.4, 0.5) is 0 Å². The van der Waals surface area contributed by atoms with Crippen molar-refractivity contribution in [1.82, 2.24) is 9.78 Å². The Bertz CT molecular complexity index is 847. The van der Waals surface area contributed by atoms with Crippen LogP contribution in [0.15, 0.2) is 47.1 Å². The van der Waals surface area contributed by atoms with Crippen molar-refractivity contribution in [2.75, 3.05) is 6.61 Å². The van der Waals surface area contributed by atoms with E-state index in [9.17, 15) is 4.79 Å². The van der Waals surface area contributed by atoms with Gasteiger partial charge in [-0.05, 0) is 26.3 Å². The molecule has 3 rings (SSSR count). The molecule has 0 aliphatic rings. The number of carbonyl (C=O) groups is 1. The Morgan fingerprint density at radius 2 is 2.00 bits per heavy atom. The molecule has 0 saturated carbocycles. The van der Waals surface area contributed by atoms with E-state index in [0.29, 0.717) is 30.2 Å². The zero-order valence-electron chi connectivity index (χ0n) is 14.1. The van der Waals surface area contributed by atoms with Crippen LogP contribution in [0.25, 0.3) is 11.3 Å². The van der Waals surface area contributed by atoms with E-state index in [0.717, 1.165) is 16.7 Å². The van der Waals surface area contributed by atoms with Crippen LogP contribution in [-0.4, -0.2) is 22.4 Å². The van der Waals surface area contributed by atoms with E-state index in [-0.39, 0.29) is 5.97 Å². The summed E-state index contributed by atoms with van der Waals surface area (Å²) in [6.45, 7) is 6.33. The molecular formula is C19H20N2O3. The zero-order valence-corrected chi connectivity index (χ0v) is 14.1. The maximum Gasteiger partial charge on any atom is 0.342 e. The molecule has 2 heterocycles. The molecule has 0 saturated heterocycles. The largest absolute Gasteiger partial charge is 0.462 e. The summed E-state index contributed by atoms with van der Waals surface area (Å²) in [6.07, 6.45) is 3.73. The van der Waals surface area contributed by atoms with Crippen molar-refractivity contribution in [3.05, 3.63) is 65.2 Å². The maximum absolute atomic E-state index is 12.4. The van der Waals surface area contributed by atoms with Gasteiger partial charge >= 0.3 is 5.97 Å². The Morgan fingerprint density at radius 1 is 1.25 bits per heavy atom. The number of esters is 1. The Hall–Kier alpha value is -2.82. The Kier molecular flexibility index (Phi) is 4.51. The first-order valence-electron chi connectivity index (χ1n) is 7.94. The first-order valence-corrected chi connectivity index (χ1v) is 7.94. The van der Waals surface area contributed by atoms with E-state index in [1.807, 2.05) is 43.5 Å². The van der Waals surface area contributed by atoms with Crippen molar-refractivity contribution in [2.45, 2.75) is 27.3 Å². The number of aryl methyl sites for hydroxylation is 2. The average Bonchev–Trinajstić information content (AvgIpc) is 3.12. The predicted molar refractivity (Wildman–Crippen MR) is 90.9 cm³/mol. The molecule has 0 amide bonds.